The smallest absolute Gasteiger partial charge is 0.120 e. The Labute approximate surface area is 340 Å². The van der Waals surface area contributed by atoms with E-state index in [-0.39, 0.29) is 0 Å². The Bertz CT molecular complexity index is 2150. The topological polar surface area (TPSA) is 45.2 Å². The number of hydrogen-bond donors (Lipinski definition) is 1. The van der Waals surface area contributed by atoms with Crippen LogP contribution < -0.4 is 9.47 Å². The van der Waals surface area contributed by atoms with Crippen LogP contribution >= 0.6 is 0 Å². The summed E-state index contributed by atoms with van der Waals surface area (Å²) < 4.78 is 12.3. The molecule has 0 amide bonds. The minimum absolute atomic E-state index is 0.466. The van der Waals surface area contributed by atoms with Crippen molar-refractivity contribution in [3.63, 3.8) is 0 Å². The van der Waals surface area contributed by atoms with Gasteiger partial charge < -0.3 is 14.6 Å². The molecule has 6 aromatic carbocycles. The van der Waals surface area contributed by atoms with Gasteiger partial charge in [0.25, 0.3) is 0 Å². The van der Waals surface area contributed by atoms with E-state index in [1.54, 1.807) is 0 Å². The van der Waals surface area contributed by atoms with E-state index in [0.717, 1.165) is 35.5 Å². The molecule has 0 bridgehead atoms. The van der Waals surface area contributed by atoms with Crippen molar-refractivity contribution in [1.82, 2.24) is 9.80 Å². The van der Waals surface area contributed by atoms with E-state index in [1.165, 1.54) is 44.5 Å². The molecule has 0 fully saturated rings. The van der Waals surface area contributed by atoms with Crippen molar-refractivity contribution in [3.05, 3.63) is 203 Å². The molecule has 0 aliphatic carbocycles. The van der Waals surface area contributed by atoms with E-state index in [4.69, 9.17) is 9.47 Å². The minimum Gasteiger partial charge on any atom is -0.492 e. The number of aliphatic hydroxyl groups is 1. The van der Waals surface area contributed by atoms with E-state index < -0.39 is 6.23 Å². The van der Waals surface area contributed by atoms with E-state index >= 15 is 0 Å². The third kappa shape index (κ3) is 11.2. The Kier molecular flexibility index (Phi) is 15.1. The molecule has 6 aromatic rings. The fourth-order valence-electron chi connectivity index (χ4n) is 7.29. The van der Waals surface area contributed by atoms with Crippen molar-refractivity contribution in [3.8, 4) is 11.5 Å². The van der Waals surface area contributed by atoms with E-state index in [9.17, 15) is 5.11 Å². The van der Waals surface area contributed by atoms with Crippen molar-refractivity contribution in [2.24, 2.45) is 0 Å². The van der Waals surface area contributed by atoms with Gasteiger partial charge in [-0.15, -0.1) is 0 Å². The van der Waals surface area contributed by atoms with Gasteiger partial charge in [-0.3, -0.25) is 9.80 Å². The second-order valence-electron chi connectivity index (χ2n) is 14.3. The van der Waals surface area contributed by atoms with Crippen molar-refractivity contribution in [1.29, 1.82) is 0 Å². The Balaban J connectivity index is 0.985. The fourth-order valence-corrected chi connectivity index (χ4v) is 7.29. The quantitative estimate of drug-likeness (QED) is 0.0659. The van der Waals surface area contributed by atoms with Crippen LogP contribution in [0.15, 0.2) is 170 Å². The van der Waals surface area contributed by atoms with E-state index in [2.05, 4.69) is 176 Å². The zero-order chi connectivity index (χ0) is 39.8. The van der Waals surface area contributed by atoms with Crippen LogP contribution in [0.25, 0.3) is 22.3 Å². The second-order valence-corrected chi connectivity index (χ2v) is 14.3. The van der Waals surface area contributed by atoms with Gasteiger partial charge in [0.15, 0.2) is 0 Å². The molecule has 0 aromatic heterocycles. The van der Waals surface area contributed by atoms with Crippen LogP contribution in [0.4, 0.5) is 0 Å². The van der Waals surface area contributed by atoms with Crippen LogP contribution in [0.3, 0.4) is 0 Å². The Hall–Kier alpha value is -5.72. The number of ether oxygens (including phenoxy) is 2. The third-order valence-corrected chi connectivity index (χ3v) is 10.4. The molecule has 1 N–H and O–H groups in total. The van der Waals surface area contributed by atoms with Crippen LogP contribution in [-0.2, 0) is 0 Å². The molecule has 0 saturated heterocycles. The average molecular weight is 757 g/mol. The molecule has 1 atom stereocenters. The molecule has 0 aliphatic rings. The van der Waals surface area contributed by atoms with Crippen LogP contribution in [0.1, 0.15) is 60.1 Å². The molecule has 5 heteroatoms. The van der Waals surface area contributed by atoms with Gasteiger partial charge in [-0.1, -0.05) is 159 Å². The third-order valence-electron chi connectivity index (χ3n) is 10.4. The molecule has 0 aliphatic heterocycles. The number of aliphatic hydroxyl groups excluding tert-OH is 1. The predicted molar refractivity (Wildman–Crippen MR) is 238 cm³/mol. The number of allylic oxidation sites excluding steroid dienone is 2. The molecule has 292 valence electrons. The summed E-state index contributed by atoms with van der Waals surface area (Å²) in [5.74, 6) is 1.64. The number of likely N-dealkylation sites (N-methyl/N-ethyl adjacent to an activating group) is 2. The molecule has 0 heterocycles. The van der Waals surface area contributed by atoms with Gasteiger partial charge in [0.1, 0.15) is 30.9 Å². The summed E-state index contributed by atoms with van der Waals surface area (Å²) in [6, 6.07) is 59.3. The highest BCUT2D eigenvalue weighted by Gasteiger charge is 2.16. The van der Waals surface area contributed by atoms with Crippen LogP contribution in [0.2, 0.25) is 0 Å². The lowest BCUT2D eigenvalue weighted by Gasteiger charge is -2.27. The predicted octanol–water partition coefficient (Wildman–Crippen LogP) is 11.1. The van der Waals surface area contributed by atoms with Crippen LogP contribution in [0.5, 0.6) is 11.5 Å². The average Bonchev–Trinajstić information content (AvgIpc) is 3.26. The first-order valence-corrected chi connectivity index (χ1v) is 20.2. The van der Waals surface area contributed by atoms with Gasteiger partial charge in [-0.25, -0.2) is 0 Å². The number of benzene rings is 6. The fraction of sp³-hybridized carbons (Fsp3) is 0.231. The summed E-state index contributed by atoms with van der Waals surface area (Å²) in [4.78, 5) is 4.02. The highest BCUT2D eigenvalue weighted by Crippen LogP contribution is 2.36. The monoisotopic (exact) mass is 756 g/mol. The molecular weight excluding hydrogens is 701 g/mol. The van der Waals surface area contributed by atoms with Crippen molar-refractivity contribution in [2.75, 3.05) is 46.9 Å². The minimum atomic E-state index is -0.634. The molecule has 57 heavy (non-hydrogen) atoms. The first-order valence-electron chi connectivity index (χ1n) is 20.2. The molecule has 6 rings (SSSR count). The zero-order valence-electron chi connectivity index (χ0n) is 33.9. The first kappa shape index (κ1) is 40.9. The van der Waals surface area contributed by atoms with Crippen LogP contribution in [-0.4, -0.2) is 68.1 Å². The number of rotatable bonds is 19. The maximum absolute atomic E-state index is 11.0. The Morgan fingerprint density at radius 3 is 1.16 bits per heavy atom. The lowest BCUT2D eigenvalue weighted by molar-refractivity contribution is -0.00791. The van der Waals surface area contributed by atoms with E-state index in [1.807, 2.05) is 31.1 Å². The molecule has 0 radical (unpaired) electrons. The SMILES string of the molecule is CC/C(=C(\c1ccccc1)c1ccc(OCCN(C)CC(O)N(C)CCOc2ccc(/C(=C(/CC)c3ccccc3)c3ccccc3)cc2)cc1)c1ccccc1. The maximum Gasteiger partial charge on any atom is 0.120 e. The van der Waals surface area contributed by atoms with Gasteiger partial charge in [0.05, 0.1) is 0 Å². The summed E-state index contributed by atoms with van der Waals surface area (Å²) in [7, 11) is 3.93. The van der Waals surface area contributed by atoms with E-state index in [0.29, 0.717) is 32.8 Å². The molecule has 0 spiro atoms. The number of nitrogens with zero attached hydrogens (tertiary/aromatic N) is 2. The lowest BCUT2D eigenvalue weighted by atomic mass is 9.88. The molecular formula is C52H56N2O3. The summed E-state index contributed by atoms with van der Waals surface area (Å²) in [5, 5.41) is 11.0. The summed E-state index contributed by atoms with van der Waals surface area (Å²) in [6.07, 6.45) is 1.20. The van der Waals surface area contributed by atoms with Gasteiger partial charge in [0, 0.05) is 19.6 Å². The van der Waals surface area contributed by atoms with Crippen LogP contribution in [0, 0.1) is 0 Å². The normalized spacial score (nSPS) is 12.9. The first-order chi connectivity index (χ1) is 27.9. The molecule has 1 unspecified atom stereocenters. The van der Waals surface area contributed by atoms with Gasteiger partial charge in [-0.05, 0) is 107 Å². The lowest BCUT2D eigenvalue weighted by Crippen LogP contribution is -2.43. The van der Waals surface area contributed by atoms with Gasteiger partial charge in [0.2, 0.25) is 0 Å². The molecule has 0 saturated carbocycles. The second kappa shape index (κ2) is 21.0. The maximum atomic E-state index is 11.0. The van der Waals surface area contributed by atoms with Crippen molar-refractivity contribution < 1.29 is 14.6 Å². The highest BCUT2D eigenvalue weighted by atomic mass is 16.5. The highest BCUT2D eigenvalue weighted by molar-refractivity contribution is 5.99. The summed E-state index contributed by atoms with van der Waals surface area (Å²) >= 11 is 0. The Morgan fingerprint density at radius 1 is 0.456 bits per heavy atom. The largest absolute Gasteiger partial charge is 0.492 e. The van der Waals surface area contributed by atoms with Gasteiger partial charge >= 0.3 is 0 Å². The van der Waals surface area contributed by atoms with Crippen molar-refractivity contribution in [2.45, 2.75) is 32.9 Å². The van der Waals surface area contributed by atoms with Gasteiger partial charge in [-0.2, -0.15) is 0 Å². The molecule has 5 nitrogen and oxygen atoms in total. The van der Waals surface area contributed by atoms with Crippen molar-refractivity contribution >= 4 is 22.3 Å². The standard InChI is InChI=1S/C52H56N2O3/c1-5-48(40-19-11-7-12-20-40)51(42-23-15-9-16-24-42)44-27-31-46(32-28-44)56-37-35-53(3)39-50(55)54(4)36-38-57-47-33-29-45(30-34-47)52(43-25-17-10-18-26-43)49(6-2)41-21-13-8-14-22-41/h7-34,50,55H,5-6,35-39H2,1-4H3/b51-48-,52-49-. The number of hydrogen-bond acceptors (Lipinski definition) is 5. The Morgan fingerprint density at radius 2 is 0.789 bits per heavy atom. The summed E-state index contributed by atoms with van der Waals surface area (Å²) in [5.41, 5.74) is 12.3. The zero-order valence-corrected chi connectivity index (χ0v) is 33.9. The summed E-state index contributed by atoms with van der Waals surface area (Å²) in [6.45, 7) is 7.18.